The number of fused-ring (bicyclic) bond motifs is 2. The van der Waals surface area contributed by atoms with Crippen LogP contribution in [0.1, 0.15) is 43.0 Å². The fourth-order valence-electron chi connectivity index (χ4n) is 5.28. The molecule has 0 heterocycles. The number of carbonyl (C=O) groups is 1. The van der Waals surface area contributed by atoms with Gasteiger partial charge in [0.15, 0.2) is 21.5 Å². The van der Waals surface area contributed by atoms with Gasteiger partial charge in [-0.05, 0) is 67.9 Å². The molecule has 3 aliphatic rings. The normalized spacial score (nSPS) is 27.6. The third-order valence-electron chi connectivity index (χ3n) is 7.34. The summed E-state index contributed by atoms with van der Waals surface area (Å²) in [6.45, 7) is 1.68. The van der Waals surface area contributed by atoms with E-state index < -0.39 is 62.3 Å². The number of benzene rings is 2. The summed E-state index contributed by atoms with van der Waals surface area (Å²) < 4.78 is 53.5. The fraction of sp³-hybridized carbons (Fsp3) is 0.458. The van der Waals surface area contributed by atoms with Gasteiger partial charge in [0.2, 0.25) is 0 Å². The molecule has 35 heavy (non-hydrogen) atoms. The van der Waals surface area contributed by atoms with E-state index in [4.69, 9.17) is 11.6 Å². The van der Waals surface area contributed by atoms with Crippen molar-refractivity contribution in [3.63, 3.8) is 0 Å². The van der Waals surface area contributed by atoms with Gasteiger partial charge in [-0.2, -0.15) is 0 Å². The second-order valence-corrected chi connectivity index (χ2v) is 11.9. The summed E-state index contributed by atoms with van der Waals surface area (Å²) in [7, 11) is -4.01. The average molecular weight is 530 g/mol. The first-order valence-electron chi connectivity index (χ1n) is 11.3. The van der Waals surface area contributed by atoms with Crippen LogP contribution in [-0.4, -0.2) is 52.7 Å². The topological polar surface area (TPSA) is 124 Å². The predicted octanol–water partition coefficient (Wildman–Crippen LogP) is 3.31. The van der Waals surface area contributed by atoms with Crippen LogP contribution in [0.25, 0.3) is 0 Å². The number of hydrogen-bond donors (Lipinski definition) is 4. The van der Waals surface area contributed by atoms with Crippen molar-refractivity contribution in [3.8, 4) is 0 Å². The van der Waals surface area contributed by atoms with Crippen LogP contribution >= 0.6 is 11.6 Å². The molecular weight excluding hydrogens is 504 g/mol. The highest BCUT2D eigenvalue weighted by Gasteiger charge is 2.64. The molecule has 11 heteroatoms. The van der Waals surface area contributed by atoms with Crippen molar-refractivity contribution >= 4 is 33.0 Å². The molecule has 4 atom stereocenters. The van der Waals surface area contributed by atoms with Gasteiger partial charge >= 0.3 is 0 Å². The summed E-state index contributed by atoms with van der Waals surface area (Å²) in [6.07, 6.45) is -1.54. The van der Waals surface area contributed by atoms with Crippen LogP contribution in [0.15, 0.2) is 41.3 Å². The van der Waals surface area contributed by atoms with Gasteiger partial charge in [-0.25, -0.2) is 17.2 Å². The molecule has 3 fully saturated rings. The third kappa shape index (κ3) is 4.46. The number of aliphatic hydroxyl groups excluding tert-OH is 2. The highest BCUT2D eigenvalue weighted by atomic mass is 35.5. The van der Waals surface area contributed by atoms with E-state index in [1.807, 2.05) is 0 Å². The van der Waals surface area contributed by atoms with Crippen LogP contribution in [0.3, 0.4) is 0 Å². The second kappa shape index (κ2) is 9.40. The zero-order valence-electron chi connectivity index (χ0n) is 18.8. The lowest BCUT2D eigenvalue weighted by Crippen LogP contribution is -2.69. The molecule has 4 N–H and O–H groups in total. The SMILES string of the molecule is CC[C@H](O)[C@@H](O)[C@]1(O)C2CC1C[C@@H](S(=O)(=O)c1cc(C(=O)Nc3ccc(F)c(F)c3)ccc1Cl)C2. The molecule has 190 valence electrons. The Hall–Kier alpha value is -2.11. The van der Waals surface area contributed by atoms with Gasteiger partial charge in [-0.1, -0.05) is 18.5 Å². The van der Waals surface area contributed by atoms with Crippen LogP contribution in [0.4, 0.5) is 14.5 Å². The quantitative estimate of drug-likeness (QED) is 0.436. The Balaban J connectivity index is 1.55. The molecular formula is C24H26ClF2NO6S. The first-order valence-corrected chi connectivity index (χ1v) is 13.2. The van der Waals surface area contributed by atoms with E-state index >= 15 is 0 Å². The van der Waals surface area contributed by atoms with E-state index in [1.54, 1.807) is 6.92 Å². The number of amides is 1. The highest BCUT2D eigenvalue weighted by molar-refractivity contribution is 7.92. The lowest BCUT2D eigenvalue weighted by Gasteiger charge is -2.60. The van der Waals surface area contributed by atoms with Gasteiger partial charge in [0.1, 0.15) is 6.10 Å². The lowest BCUT2D eigenvalue weighted by atomic mass is 9.51. The van der Waals surface area contributed by atoms with Crippen molar-refractivity contribution in [1.29, 1.82) is 0 Å². The van der Waals surface area contributed by atoms with E-state index in [0.717, 1.165) is 18.2 Å². The molecule has 2 aromatic rings. The number of halogens is 3. The van der Waals surface area contributed by atoms with E-state index in [0.29, 0.717) is 6.42 Å². The molecule has 3 aliphatic carbocycles. The number of carbonyl (C=O) groups excluding carboxylic acids is 1. The van der Waals surface area contributed by atoms with Crippen molar-refractivity contribution in [1.82, 2.24) is 0 Å². The maximum Gasteiger partial charge on any atom is 0.255 e. The third-order valence-corrected chi connectivity index (χ3v) is 10.00. The summed E-state index contributed by atoms with van der Waals surface area (Å²) in [5.74, 6) is -3.96. The van der Waals surface area contributed by atoms with Crippen molar-refractivity contribution in [2.45, 2.75) is 60.6 Å². The molecule has 0 aliphatic heterocycles. The zero-order chi connectivity index (χ0) is 25.7. The van der Waals surface area contributed by atoms with E-state index in [2.05, 4.69) is 5.32 Å². The number of hydrogen-bond acceptors (Lipinski definition) is 6. The summed E-state index contributed by atoms with van der Waals surface area (Å²) >= 11 is 6.19. The minimum atomic E-state index is -4.01. The van der Waals surface area contributed by atoms with Crippen molar-refractivity contribution in [3.05, 3.63) is 58.6 Å². The minimum absolute atomic E-state index is 0.00673. The van der Waals surface area contributed by atoms with Crippen molar-refractivity contribution in [2.24, 2.45) is 11.8 Å². The number of aliphatic hydroxyl groups is 3. The Morgan fingerprint density at radius 3 is 2.37 bits per heavy atom. The maximum atomic E-state index is 13.5. The molecule has 7 nitrogen and oxygen atoms in total. The zero-order valence-corrected chi connectivity index (χ0v) is 20.4. The molecule has 0 aromatic heterocycles. The van der Waals surface area contributed by atoms with E-state index in [-0.39, 0.29) is 40.4 Å². The summed E-state index contributed by atoms with van der Waals surface area (Å²) in [5.41, 5.74) is -1.60. The Morgan fingerprint density at radius 2 is 1.77 bits per heavy atom. The number of rotatable bonds is 7. The molecule has 5 rings (SSSR count). The average Bonchev–Trinajstić information content (AvgIpc) is 2.84. The van der Waals surface area contributed by atoms with Crippen molar-refractivity contribution in [2.75, 3.05) is 5.32 Å². The molecule has 2 bridgehead atoms. The molecule has 0 spiro atoms. The minimum Gasteiger partial charge on any atom is -0.390 e. The van der Waals surface area contributed by atoms with Crippen LogP contribution < -0.4 is 5.32 Å². The molecule has 0 radical (unpaired) electrons. The van der Waals surface area contributed by atoms with Gasteiger partial charge in [-0.3, -0.25) is 4.79 Å². The Morgan fingerprint density at radius 1 is 1.11 bits per heavy atom. The van der Waals surface area contributed by atoms with Crippen LogP contribution in [-0.2, 0) is 9.84 Å². The Kier molecular flexibility index (Phi) is 6.98. The molecule has 0 saturated heterocycles. The van der Waals surface area contributed by atoms with Crippen LogP contribution in [0, 0.1) is 23.5 Å². The molecule has 3 saturated carbocycles. The largest absolute Gasteiger partial charge is 0.390 e. The lowest BCUT2D eigenvalue weighted by molar-refractivity contribution is -0.251. The number of sulfone groups is 1. The first-order chi connectivity index (χ1) is 16.4. The second-order valence-electron chi connectivity index (χ2n) is 9.30. The Bertz CT molecular complexity index is 1240. The van der Waals surface area contributed by atoms with E-state index in [9.17, 15) is 37.3 Å². The molecule has 2 aromatic carbocycles. The van der Waals surface area contributed by atoms with Gasteiger partial charge < -0.3 is 20.6 Å². The first kappa shape index (κ1) is 26.0. The number of nitrogens with one attached hydrogen (secondary N) is 1. The van der Waals surface area contributed by atoms with Gasteiger partial charge in [0.25, 0.3) is 5.91 Å². The fourth-order valence-corrected chi connectivity index (χ4v) is 7.68. The summed E-state index contributed by atoms with van der Waals surface area (Å²) in [6, 6.07) is 6.55. The monoisotopic (exact) mass is 529 g/mol. The smallest absolute Gasteiger partial charge is 0.255 e. The highest BCUT2D eigenvalue weighted by Crippen LogP contribution is 2.57. The van der Waals surface area contributed by atoms with Gasteiger partial charge in [-0.15, -0.1) is 0 Å². The van der Waals surface area contributed by atoms with Crippen LogP contribution in [0.5, 0.6) is 0 Å². The standard InChI is InChI=1S/C24H26ClF2NO6S/c1-2-20(29)22(30)24(32)13-8-14(24)10-16(9-13)35(33,34)21-7-12(3-5-17(21)25)23(31)28-15-4-6-18(26)19(27)11-15/h3-7,11,13-14,16,20,22,29-30,32H,2,8-10H2,1H3,(H,28,31)/t13?,14?,16-,20-,22+,24-/m0/s1. The maximum absolute atomic E-state index is 13.5. The van der Waals surface area contributed by atoms with Gasteiger partial charge in [0, 0.05) is 17.3 Å². The molecule has 2 unspecified atom stereocenters. The number of anilines is 1. The van der Waals surface area contributed by atoms with Crippen molar-refractivity contribution < 1.29 is 37.3 Å². The van der Waals surface area contributed by atoms with Crippen LogP contribution in [0.2, 0.25) is 5.02 Å². The Labute approximate surface area is 206 Å². The molecule has 1 amide bonds. The summed E-state index contributed by atoms with van der Waals surface area (Å²) in [4.78, 5) is 12.4. The van der Waals surface area contributed by atoms with E-state index in [1.165, 1.54) is 18.2 Å². The summed E-state index contributed by atoms with van der Waals surface area (Å²) in [5, 5.41) is 32.9. The van der Waals surface area contributed by atoms with Gasteiger partial charge in [0.05, 0.1) is 26.9 Å². The predicted molar refractivity (Wildman–Crippen MR) is 125 cm³/mol.